The van der Waals surface area contributed by atoms with E-state index in [0.29, 0.717) is 12.5 Å². The van der Waals surface area contributed by atoms with Crippen LogP contribution in [0.25, 0.3) is 0 Å². The Labute approximate surface area is 123 Å². The highest BCUT2D eigenvalue weighted by Gasteiger charge is 2.18. The molecule has 0 radical (unpaired) electrons. The Morgan fingerprint density at radius 3 is 3.00 bits per heavy atom. The van der Waals surface area contributed by atoms with Gasteiger partial charge >= 0.3 is 0 Å². The minimum Gasteiger partial charge on any atom is -0.325 e. The van der Waals surface area contributed by atoms with E-state index in [1.807, 2.05) is 25.1 Å². The highest BCUT2D eigenvalue weighted by atomic mass is 79.9. The van der Waals surface area contributed by atoms with Crippen molar-refractivity contribution in [3.05, 3.63) is 28.2 Å². The fraction of sp³-hybridized carbons (Fsp3) is 0.533. The van der Waals surface area contributed by atoms with Crippen LogP contribution in [0.1, 0.15) is 25.3 Å². The lowest BCUT2D eigenvalue weighted by atomic mass is 10.0. The van der Waals surface area contributed by atoms with Gasteiger partial charge in [-0.05, 0) is 49.9 Å². The van der Waals surface area contributed by atoms with Crippen LogP contribution in [0.15, 0.2) is 22.7 Å². The molecule has 1 aliphatic heterocycles. The Kier molecular flexibility index (Phi) is 4.99. The number of carbonyl (C=O) groups excluding carboxylic acids is 1. The number of amides is 1. The lowest BCUT2D eigenvalue weighted by Gasteiger charge is -2.30. The Balaban J connectivity index is 1.88. The zero-order valence-corrected chi connectivity index (χ0v) is 13.2. The second-order valence-electron chi connectivity index (χ2n) is 5.49. The van der Waals surface area contributed by atoms with Gasteiger partial charge in [0.1, 0.15) is 0 Å². The van der Waals surface area contributed by atoms with Crippen LogP contribution in [0.5, 0.6) is 0 Å². The van der Waals surface area contributed by atoms with Gasteiger partial charge < -0.3 is 5.32 Å². The summed E-state index contributed by atoms with van der Waals surface area (Å²) in [5.41, 5.74) is 2.02. The van der Waals surface area contributed by atoms with Crippen LogP contribution in [0.4, 0.5) is 5.69 Å². The summed E-state index contributed by atoms with van der Waals surface area (Å²) >= 11 is 3.48. The number of hydrogen-bond acceptors (Lipinski definition) is 2. The van der Waals surface area contributed by atoms with Crippen molar-refractivity contribution in [3.8, 4) is 0 Å². The zero-order valence-electron chi connectivity index (χ0n) is 11.6. The Morgan fingerprint density at radius 1 is 1.53 bits per heavy atom. The van der Waals surface area contributed by atoms with Crippen LogP contribution < -0.4 is 5.32 Å². The van der Waals surface area contributed by atoms with Crippen molar-refractivity contribution in [2.75, 3.05) is 25.0 Å². The molecule has 0 aromatic heterocycles. The van der Waals surface area contributed by atoms with Gasteiger partial charge in [-0.1, -0.05) is 28.9 Å². The van der Waals surface area contributed by atoms with Crippen molar-refractivity contribution in [1.82, 2.24) is 4.90 Å². The van der Waals surface area contributed by atoms with Crippen molar-refractivity contribution < 1.29 is 4.79 Å². The molecule has 1 atom stereocenters. The second kappa shape index (κ2) is 6.53. The van der Waals surface area contributed by atoms with Crippen LogP contribution in [0, 0.1) is 12.8 Å². The van der Waals surface area contributed by atoms with Gasteiger partial charge in [0.05, 0.1) is 6.54 Å². The molecule has 0 aliphatic carbocycles. The summed E-state index contributed by atoms with van der Waals surface area (Å²) in [6.45, 7) is 6.85. The summed E-state index contributed by atoms with van der Waals surface area (Å²) in [4.78, 5) is 14.3. The lowest BCUT2D eigenvalue weighted by Crippen LogP contribution is -2.39. The van der Waals surface area contributed by atoms with Crippen LogP contribution in [0.3, 0.4) is 0 Å². The molecule has 1 N–H and O–H groups in total. The third-order valence-electron chi connectivity index (χ3n) is 3.56. The van der Waals surface area contributed by atoms with E-state index in [9.17, 15) is 4.79 Å². The van der Waals surface area contributed by atoms with Crippen LogP contribution in [0.2, 0.25) is 0 Å². The largest absolute Gasteiger partial charge is 0.325 e. The molecule has 1 aromatic carbocycles. The number of nitrogens with zero attached hydrogens (tertiary/aromatic N) is 1. The van der Waals surface area contributed by atoms with E-state index in [2.05, 4.69) is 33.1 Å². The number of anilines is 1. The molecule has 0 bridgehead atoms. The normalized spacial score (nSPS) is 20.3. The maximum atomic E-state index is 12.0. The van der Waals surface area contributed by atoms with Crippen molar-refractivity contribution >= 4 is 27.5 Å². The molecule has 1 aliphatic rings. The highest BCUT2D eigenvalue weighted by molar-refractivity contribution is 9.10. The molecular weight excluding hydrogens is 304 g/mol. The van der Waals surface area contributed by atoms with Gasteiger partial charge in [-0.2, -0.15) is 0 Å². The van der Waals surface area contributed by atoms with Crippen molar-refractivity contribution in [2.24, 2.45) is 5.92 Å². The molecule has 2 rings (SSSR count). The van der Waals surface area contributed by atoms with E-state index < -0.39 is 0 Å². The van der Waals surface area contributed by atoms with Gasteiger partial charge in [-0.25, -0.2) is 0 Å². The molecule has 1 saturated heterocycles. The number of nitrogens with one attached hydrogen (secondary N) is 1. The van der Waals surface area contributed by atoms with Gasteiger partial charge in [-0.15, -0.1) is 0 Å². The zero-order chi connectivity index (χ0) is 13.8. The first kappa shape index (κ1) is 14.5. The molecule has 0 unspecified atom stereocenters. The number of halogens is 1. The first-order valence-electron chi connectivity index (χ1n) is 6.83. The van der Waals surface area contributed by atoms with Crippen molar-refractivity contribution in [1.29, 1.82) is 0 Å². The standard InChI is InChI=1S/C15H21BrN2O/c1-11-4-3-7-18(9-11)10-15(19)17-13-6-5-12(2)14(16)8-13/h5-6,8,11H,3-4,7,9-10H2,1-2H3,(H,17,19)/t11-/m0/s1. The van der Waals surface area contributed by atoms with E-state index >= 15 is 0 Å². The fourth-order valence-electron chi connectivity index (χ4n) is 2.50. The molecule has 0 spiro atoms. The Hall–Kier alpha value is -0.870. The van der Waals surface area contributed by atoms with Gasteiger partial charge in [0.25, 0.3) is 0 Å². The fourth-order valence-corrected chi connectivity index (χ4v) is 2.88. The van der Waals surface area contributed by atoms with Crippen LogP contribution in [-0.4, -0.2) is 30.4 Å². The maximum Gasteiger partial charge on any atom is 0.238 e. The summed E-state index contributed by atoms with van der Waals surface area (Å²) in [5.74, 6) is 0.778. The number of likely N-dealkylation sites (tertiary alicyclic amines) is 1. The van der Waals surface area contributed by atoms with E-state index in [1.54, 1.807) is 0 Å². The first-order valence-corrected chi connectivity index (χ1v) is 7.62. The molecule has 0 saturated carbocycles. The topological polar surface area (TPSA) is 32.3 Å². The lowest BCUT2D eigenvalue weighted by molar-refractivity contribution is -0.117. The van der Waals surface area contributed by atoms with Gasteiger partial charge in [0.2, 0.25) is 5.91 Å². The minimum atomic E-state index is 0.0739. The minimum absolute atomic E-state index is 0.0739. The molecule has 4 heteroatoms. The van der Waals surface area contributed by atoms with Crippen molar-refractivity contribution in [2.45, 2.75) is 26.7 Å². The van der Waals surface area contributed by atoms with E-state index in [1.165, 1.54) is 18.4 Å². The third-order valence-corrected chi connectivity index (χ3v) is 4.42. The quantitative estimate of drug-likeness (QED) is 0.923. The number of piperidine rings is 1. The van der Waals surface area contributed by atoms with E-state index in [0.717, 1.165) is 23.2 Å². The number of benzene rings is 1. The Bertz CT molecular complexity index is 461. The average Bonchev–Trinajstić information content (AvgIpc) is 2.34. The predicted molar refractivity (Wildman–Crippen MR) is 82.3 cm³/mol. The van der Waals surface area contributed by atoms with Crippen LogP contribution in [-0.2, 0) is 4.79 Å². The van der Waals surface area contributed by atoms with Crippen molar-refractivity contribution in [3.63, 3.8) is 0 Å². The number of aryl methyl sites for hydroxylation is 1. The van der Waals surface area contributed by atoms with E-state index in [-0.39, 0.29) is 5.91 Å². The average molecular weight is 325 g/mol. The summed E-state index contributed by atoms with van der Waals surface area (Å²) < 4.78 is 1.02. The SMILES string of the molecule is Cc1ccc(NC(=O)CN2CCC[C@H](C)C2)cc1Br. The smallest absolute Gasteiger partial charge is 0.238 e. The summed E-state index contributed by atoms with van der Waals surface area (Å²) in [5, 5.41) is 2.96. The number of rotatable bonds is 3. The second-order valence-corrected chi connectivity index (χ2v) is 6.35. The molecule has 1 aromatic rings. The van der Waals surface area contributed by atoms with E-state index in [4.69, 9.17) is 0 Å². The van der Waals surface area contributed by atoms with Gasteiger partial charge in [-0.3, -0.25) is 9.69 Å². The molecule has 104 valence electrons. The third kappa shape index (κ3) is 4.32. The van der Waals surface area contributed by atoms with Crippen LogP contribution >= 0.6 is 15.9 Å². The van der Waals surface area contributed by atoms with Gasteiger partial charge in [0.15, 0.2) is 0 Å². The summed E-state index contributed by atoms with van der Waals surface area (Å²) in [6.07, 6.45) is 2.48. The molecule has 1 heterocycles. The number of hydrogen-bond donors (Lipinski definition) is 1. The summed E-state index contributed by atoms with van der Waals surface area (Å²) in [6, 6.07) is 5.89. The monoisotopic (exact) mass is 324 g/mol. The van der Waals surface area contributed by atoms with Gasteiger partial charge in [0, 0.05) is 16.7 Å². The molecule has 19 heavy (non-hydrogen) atoms. The Morgan fingerprint density at radius 2 is 2.32 bits per heavy atom. The molecule has 1 fully saturated rings. The molecule has 1 amide bonds. The molecule has 3 nitrogen and oxygen atoms in total. The maximum absolute atomic E-state index is 12.0. The first-order chi connectivity index (χ1) is 9.04. The number of carbonyl (C=O) groups is 1. The predicted octanol–water partition coefficient (Wildman–Crippen LogP) is 3.43. The highest BCUT2D eigenvalue weighted by Crippen LogP contribution is 2.21. The summed E-state index contributed by atoms with van der Waals surface area (Å²) in [7, 11) is 0. The molecular formula is C15H21BrN2O.